The van der Waals surface area contributed by atoms with Crippen LogP contribution in [0.3, 0.4) is 0 Å². The summed E-state index contributed by atoms with van der Waals surface area (Å²) in [4.78, 5) is 1.75. The van der Waals surface area contributed by atoms with Crippen LogP contribution in [0.2, 0.25) is 0 Å². The van der Waals surface area contributed by atoms with Crippen LogP contribution in [0, 0.1) is 5.82 Å². The molecule has 1 rings (SSSR count). The van der Waals surface area contributed by atoms with E-state index in [-0.39, 0.29) is 25.0 Å². The first-order valence-electron chi connectivity index (χ1n) is 6.00. The van der Waals surface area contributed by atoms with Gasteiger partial charge in [-0.15, -0.1) is 0 Å². The Morgan fingerprint density at radius 2 is 2.11 bits per heavy atom. The van der Waals surface area contributed by atoms with Gasteiger partial charge in [0, 0.05) is 25.4 Å². The number of ether oxygens (including phenoxy) is 1. The van der Waals surface area contributed by atoms with Gasteiger partial charge in [0.2, 0.25) is 0 Å². The van der Waals surface area contributed by atoms with Crippen molar-refractivity contribution >= 4 is 5.69 Å². The Labute approximate surface area is 107 Å². The quantitative estimate of drug-likeness (QED) is 0.775. The predicted molar refractivity (Wildman–Crippen MR) is 68.5 cm³/mol. The van der Waals surface area contributed by atoms with E-state index in [9.17, 15) is 9.50 Å². The minimum Gasteiger partial charge on any atom is -0.491 e. The molecule has 1 atom stereocenters. The van der Waals surface area contributed by atoms with Crippen molar-refractivity contribution in [1.82, 2.24) is 0 Å². The largest absolute Gasteiger partial charge is 0.491 e. The molecular formula is C13H20FNO3. The number of rotatable bonds is 7. The normalized spacial score (nSPS) is 12.3. The summed E-state index contributed by atoms with van der Waals surface area (Å²) in [5, 5.41) is 18.1. The van der Waals surface area contributed by atoms with Crippen molar-refractivity contribution in [3.8, 4) is 5.75 Å². The van der Waals surface area contributed by atoms with Crippen LogP contribution in [0.1, 0.15) is 13.3 Å². The summed E-state index contributed by atoms with van der Waals surface area (Å²) in [6.45, 7) is 2.10. The summed E-state index contributed by atoms with van der Waals surface area (Å²) in [7, 11) is 1.76. The molecule has 1 aromatic carbocycles. The van der Waals surface area contributed by atoms with Crippen LogP contribution in [-0.2, 0) is 0 Å². The van der Waals surface area contributed by atoms with Crippen molar-refractivity contribution < 1.29 is 19.3 Å². The second kappa shape index (κ2) is 7.18. The Hall–Kier alpha value is -1.33. The summed E-state index contributed by atoms with van der Waals surface area (Å²) in [5.41, 5.74) is 0.642. The average molecular weight is 257 g/mol. The highest BCUT2D eigenvalue weighted by molar-refractivity contribution is 5.50. The van der Waals surface area contributed by atoms with Crippen molar-refractivity contribution in [3.63, 3.8) is 0 Å². The van der Waals surface area contributed by atoms with Crippen molar-refractivity contribution in [2.45, 2.75) is 19.4 Å². The van der Waals surface area contributed by atoms with Gasteiger partial charge in [-0.05, 0) is 25.5 Å². The Kier molecular flexibility index (Phi) is 5.88. The van der Waals surface area contributed by atoms with Gasteiger partial charge in [-0.3, -0.25) is 0 Å². The second-order valence-electron chi connectivity index (χ2n) is 4.01. The Morgan fingerprint density at radius 3 is 2.61 bits per heavy atom. The van der Waals surface area contributed by atoms with Crippen molar-refractivity contribution in [1.29, 1.82) is 0 Å². The molecule has 0 amide bonds. The number of benzene rings is 1. The number of likely N-dealkylation sites (N-methyl/N-ethyl adjacent to an activating group) is 1. The molecule has 0 saturated carbocycles. The maximum atomic E-state index is 13.7. The lowest BCUT2D eigenvalue weighted by molar-refractivity contribution is 0.218. The van der Waals surface area contributed by atoms with Crippen LogP contribution in [0.25, 0.3) is 0 Å². The highest BCUT2D eigenvalue weighted by Crippen LogP contribution is 2.24. The molecule has 18 heavy (non-hydrogen) atoms. The molecule has 2 N–H and O–H groups in total. The monoisotopic (exact) mass is 257 g/mol. The zero-order valence-electron chi connectivity index (χ0n) is 10.8. The lowest BCUT2D eigenvalue weighted by atomic mass is 10.1. The molecule has 0 aromatic heterocycles. The number of anilines is 1. The first-order chi connectivity index (χ1) is 8.63. The molecule has 0 heterocycles. The predicted octanol–water partition coefficient (Wildman–Crippen LogP) is 1.40. The van der Waals surface area contributed by atoms with E-state index in [1.54, 1.807) is 31.0 Å². The fourth-order valence-corrected chi connectivity index (χ4v) is 1.75. The molecule has 1 unspecified atom stereocenters. The third-order valence-corrected chi connectivity index (χ3v) is 2.84. The number of hydrogen-bond acceptors (Lipinski definition) is 4. The molecule has 0 spiro atoms. The first kappa shape index (κ1) is 14.7. The van der Waals surface area contributed by atoms with Gasteiger partial charge in [0.05, 0.1) is 19.3 Å². The summed E-state index contributed by atoms with van der Waals surface area (Å²) in [5.74, 6) is -0.209. The fourth-order valence-electron chi connectivity index (χ4n) is 1.75. The molecule has 0 aliphatic rings. The molecular weight excluding hydrogens is 237 g/mol. The number of hydrogen-bond donors (Lipinski definition) is 2. The lowest BCUT2D eigenvalue weighted by Crippen LogP contribution is -2.35. The molecule has 1 aromatic rings. The van der Waals surface area contributed by atoms with Crippen molar-refractivity contribution in [2.75, 3.05) is 31.8 Å². The van der Waals surface area contributed by atoms with Crippen molar-refractivity contribution in [2.24, 2.45) is 0 Å². The van der Waals surface area contributed by atoms with Crippen LogP contribution < -0.4 is 9.64 Å². The average Bonchev–Trinajstić information content (AvgIpc) is 2.37. The van der Waals surface area contributed by atoms with Crippen LogP contribution in [0.4, 0.5) is 10.1 Å². The lowest BCUT2D eigenvalue weighted by Gasteiger charge is -2.28. The van der Waals surface area contributed by atoms with Crippen molar-refractivity contribution in [3.05, 3.63) is 24.0 Å². The van der Waals surface area contributed by atoms with E-state index < -0.39 is 5.82 Å². The van der Waals surface area contributed by atoms with E-state index in [2.05, 4.69) is 0 Å². The second-order valence-corrected chi connectivity index (χ2v) is 4.01. The van der Waals surface area contributed by atoms with Gasteiger partial charge in [0.15, 0.2) is 11.6 Å². The van der Waals surface area contributed by atoms with Gasteiger partial charge in [0.1, 0.15) is 0 Å². The van der Waals surface area contributed by atoms with Crippen LogP contribution in [0.15, 0.2) is 18.2 Å². The summed E-state index contributed by atoms with van der Waals surface area (Å²) in [6.07, 6.45) is 0.432. The zero-order valence-corrected chi connectivity index (χ0v) is 10.8. The SMILES string of the molecule is CCOc1ccc(N(C)C(CO)CCO)cc1F. The summed E-state index contributed by atoms with van der Waals surface area (Å²) < 4.78 is 18.8. The Bertz CT molecular complexity index is 373. The van der Waals surface area contributed by atoms with E-state index in [0.717, 1.165) is 0 Å². The molecule has 0 aliphatic carbocycles. The molecule has 0 aliphatic heterocycles. The van der Waals surface area contributed by atoms with Crippen LogP contribution >= 0.6 is 0 Å². The standard InChI is InChI=1S/C13H20FNO3/c1-3-18-13-5-4-10(8-12(13)14)15(2)11(9-17)6-7-16/h4-5,8,11,16-17H,3,6-7,9H2,1-2H3. The molecule has 4 nitrogen and oxygen atoms in total. The highest BCUT2D eigenvalue weighted by atomic mass is 19.1. The molecule has 0 radical (unpaired) electrons. The van der Waals surface area contributed by atoms with Gasteiger partial charge in [-0.1, -0.05) is 0 Å². The maximum absolute atomic E-state index is 13.7. The van der Waals surface area contributed by atoms with Crippen LogP contribution in [0.5, 0.6) is 5.75 Å². The van der Waals surface area contributed by atoms with Gasteiger partial charge < -0.3 is 19.8 Å². The zero-order chi connectivity index (χ0) is 13.5. The van der Waals surface area contributed by atoms with E-state index >= 15 is 0 Å². The van der Waals surface area contributed by atoms with Gasteiger partial charge in [-0.2, -0.15) is 0 Å². The highest BCUT2D eigenvalue weighted by Gasteiger charge is 2.15. The molecule has 0 saturated heterocycles. The van der Waals surface area contributed by atoms with E-state index in [1.807, 2.05) is 0 Å². The minimum atomic E-state index is -0.429. The minimum absolute atomic E-state index is 0.0188. The van der Waals surface area contributed by atoms with Gasteiger partial charge >= 0.3 is 0 Å². The van der Waals surface area contributed by atoms with Gasteiger partial charge in [-0.25, -0.2) is 4.39 Å². The Morgan fingerprint density at radius 1 is 1.39 bits per heavy atom. The first-order valence-corrected chi connectivity index (χ1v) is 6.00. The third kappa shape index (κ3) is 3.58. The number of halogens is 1. The van der Waals surface area contributed by atoms with E-state index in [1.165, 1.54) is 6.07 Å². The molecule has 0 bridgehead atoms. The number of nitrogens with zero attached hydrogens (tertiary/aromatic N) is 1. The number of aliphatic hydroxyl groups is 2. The summed E-state index contributed by atoms with van der Waals surface area (Å²) in [6, 6.07) is 4.43. The molecule has 102 valence electrons. The summed E-state index contributed by atoms with van der Waals surface area (Å²) >= 11 is 0. The number of aliphatic hydroxyl groups excluding tert-OH is 2. The fraction of sp³-hybridized carbons (Fsp3) is 0.538. The van der Waals surface area contributed by atoms with Crippen LogP contribution in [-0.4, -0.2) is 43.1 Å². The molecule has 0 fully saturated rings. The van der Waals surface area contributed by atoms with E-state index in [0.29, 0.717) is 18.7 Å². The van der Waals surface area contributed by atoms with Gasteiger partial charge in [0.25, 0.3) is 0 Å². The van der Waals surface area contributed by atoms with E-state index in [4.69, 9.17) is 9.84 Å². The topological polar surface area (TPSA) is 52.9 Å². The maximum Gasteiger partial charge on any atom is 0.167 e. The third-order valence-electron chi connectivity index (χ3n) is 2.84. The smallest absolute Gasteiger partial charge is 0.167 e. The Balaban J connectivity index is 2.85. The molecule has 5 heteroatoms.